The highest BCUT2D eigenvalue weighted by atomic mass is 16.5. The van der Waals surface area contributed by atoms with Gasteiger partial charge in [-0.25, -0.2) is 0 Å². The first-order valence-corrected chi connectivity index (χ1v) is 8.32. The first kappa shape index (κ1) is 15.1. The predicted molar refractivity (Wildman–Crippen MR) is 81.4 cm³/mol. The average molecular weight is 265 g/mol. The zero-order valence-corrected chi connectivity index (χ0v) is 12.8. The van der Waals surface area contributed by atoms with Crippen LogP contribution >= 0.6 is 0 Å². The first-order chi connectivity index (χ1) is 9.36. The maximum absolute atomic E-state index is 5.95. The van der Waals surface area contributed by atoms with E-state index in [-0.39, 0.29) is 0 Å². The topological polar surface area (TPSA) is 21.3 Å². The van der Waals surface area contributed by atoms with Crippen LogP contribution in [0, 0.1) is 5.92 Å². The molecule has 2 heteroatoms. The molecule has 0 radical (unpaired) electrons. The summed E-state index contributed by atoms with van der Waals surface area (Å²) in [7, 11) is 1.91. The minimum Gasteiger partial charge on any atom is -0.379 e. The number of allylic oxidation sites excluding steroid dienone is 1. The summed E-state index contributed by atoms with van der Waals surface area (Å²) in [4.78, 5) is 0. The highest BCUT2D eigenvalue weighted by molar-refractivity contribution is 5.16. The normalized spacial score (nSPS) is 24.8. The summed E-state index contributed by atoms with van der Waals surface area (Å²) in [6, 6.07) is 0.457. The molecular weight excluding hydrogens is 234 g/mol. The van der Waals surface area contributed by atoms with E-state index in [1.54, 1.807) is 5.57 Å². The second-order valence-electron chi connectivity index (χ2n) is 6.16. The Balaban J connectivity index is 2.07. The molecule has 1 N–H and O–H groups in total. The van der Waals surface area contributed by atoms with Gasteiger partial charge in [-0.15, -0.1) is 0 Å². The number of likely N-dealkylation sites (N-methyl/N-ethyl adjacent to an activating group) is 1. The fourth-order valence-electron chi connectivity index (χ4n) is 3.89. The zero-order chi connectivity index (χ0) is 13.5. The number of hydrogen-bond donors (Lipinski definition) is 1. The molecule has 0 spiro atoms. The summed E-state index contributed by atoms with van der Waals surface area (Å²) < 4.78 is 5.95. The fraction of sp³-hybridized carbons (Fsp3) is 0.882. The van der Waals surface area contributed by atoms with Crippen molar-refractivity contribution >= 4 is 0 Å². The molecule has 2 aliphatic rings. The van der Waals surface area contributed by atoms with Crippen LogP contribution in [0.5, 0.6) is 0 Å². The Hall–Kier alpha value is -0.340. The molecule has 110 valence electrons. The zero-order valence-electron chi connectivity index (χ0n) is 12.8. The summed E-state index contributed by atoms with van der Waals surface area (Å²) >= 11 is 0. The van der Waals surface area contributed by atoms with Crippen molar-refractivity contribution in [3.63, 3.8) is 0 Å². The van der Waals surface area contributed by atoms with Crippen LogP contribution in [0.25, 0.3) is 0 Å². The van der Waals surface area contributed by atoms with Crippen molar-refractivity contribution in [3.05, 3.63) is 11.6 Å². The third kappa shape index (κ3) is 4.06. The number of methoxy groups -OCH3 is 1. The molecule has 0 aliphatic heterocycles. The molecule has 0 aromatic rings. The minimum absolute atomic E-state index is 0.379. The van der Waals surface area contributed by atoms with E-state index in [1.165, 1.54) is 57.8 Å². The summed E-state index contributed by atoms with van der Waals surface area (Å²) in [6.45, 7) is 3.25. The second-order valence-corrected chi connectivity index (χ2v) is 6.16. The molecule has 0 amide bonds. The average Bonchev–Trinajstić information content (AvgIpc) is 2.49. The van der Waals surface area contributed by atoms with Crippen molar-refractivity contribution in [2.45, 2.75) is 76.9 Å². The molecule has 2 rings (SSSR count). The van der Waals surface area contributed by atoms with E-state index in [9.17, 15) is 0 Å². The molecular formula is C17H31NO. The fourth-order valence-corrected chi connectivity index (χ4v) is 3.89. The SMILES string of the molecule is CCNC(C1=CCCCC1)C(OC)C1CCCCC1. The van der Waals surface area contributed by atoms with Crippen LogP contribution in [0.1, 0.15) is 64.7 Å². The monoisotopic (exact) mass is 265 g/mol. The van der Waals surface area contributed by atoms with E-state index >= 15 is 0 Å². The van der Waals surface area contributed by atoms with Crippen LogP contribution in [0.2, 0.25) is 0 Å². The molecule has 0 aromatic heterocycles. The summed E-state index contributed by atoms with van der Waals surface area (Å²) in [5.74, 6) is 0.755. The van der Waals surface area contributed by atoms with Crippen LogP contribution < -0.4 is 5.32 Å². The van der Waals surface area contributed by atoms with Crippen molar-refractivity contribution in [1.82, 2.24) is 5.32 Å². The smallest absolute Gasteiger partial charge is 0.0790 e. The van der Waals surface area contributed by atoms with Crippen molar-refractivity contribution in [3.8, 4) is 0 Å². The van der Waals surface area contributed by atoms with Gasteiger partial charge in [-0.05, 0) is 51.0 Å². The Labute approximate surface area is 119 Å². The molecule has 0 heterocycles. The highest BCUT2D eigenvalue weighted by Gasteiger charge is 2.32. The number of nitrogens with one attached hydrogen (secondary N) is 1. The molecule has 1 fully saturated rings. The van der Waals surface area contributed by atoms with Gasteiger partial charge in [0, 0.05) is 7.11 Å². The van der Waals surface area contributed by atoms with Crippen molar-refractivity contribution in [1.29, 1.82) is 0 Å². The number of hydrogen-bond acceptors (Lipinski definition) is 2. The van der Waals surface area contributed by atoms with E-state index in [2.05, 4.69) is 18.3 Å². The van der Waals surface area contributed by atoms with Crippen LogP contribution in [-0.2, 0) is 4.74 Å². The molecule has 2 unspecified atom stereocenters. The number of ether oxygens (including phenoxy) is 1. The Morgan fingerprint density at radius 3 is 2.58 bits per heavy atom. The lowest BCUT2D eigenvalue weighted by molar-refractivity contribution is 0.0163. The second kappa shape index (κ2) is 8.06. The van der Waals surface area contributed by atoms with Gasteiger partial charge in [0.15, 0.2) is 0 Å². The van der Waals surface area contributed by atoms with Crippen molar-refractivity contribution in [2.75, 3.05) is 13.7 Å². The Bertz CT molecular complexity index is 281. The summed E-state index contributed by atoms with van der Waals surface area (Å²) in [6.07, 6.45) is 15.0. The lowest BCUT2D eigenvalue weighted by atomic mass is 9.79. The third-order valence-corrected chi connectivity index (χ3v) is 4.86. The Kier molecular flexibility index (Phi) is 6.39. The standard InChI is InChI=1S/C17H31NO/c1-3-18-16(14-10-6-4-7-11-14)17(19-2)15-12-8-5-9-13-15/h10,15-18H,3-9,11-13H2,1-2H3. The quantitative estimate of drug-likeness (QED) is 0.731. The van der Waals surface area contributed by atoms with Gasteiger partial charge in [-0.2, -0.15) is 0 Å². The van der Waals surface area contributed by atoms with Crippen molar-refractivity contribution in [2.24, 2.45) is 5.92 Å². The molecule has 2 aliphatic carbocycles. The maximum atomic E-state index is 5.95. The largest absolute Gasteiger partial charge is 0.379 e. The van der Waals surface area contributed by atoms with Gasteiger partial charge in [0.25, 0.3) is 0 Å². The van der Waals surface area contributed by atoms with Crippen LogP contribution in [-0.4, -0.2) is 25.8 Å². The molecule has 0 aromatic carbocycles. The molecule has 2 nitrogen and oxygen atoms in total. The number of rotatable bonds is 6. The summed E-state index contributed by atoms with van der Waals surface area (Å²) in [5.41, 5.74) is 1.62. The molecule has 0 bridgehead atoms. The van der Waals surface area contributed by atoms with E-state index < -0.39 is 0 Å². The van der Waals surface area contributed by atoms with Gasteiger partial charge in [0.05, 0.1) is 12.1 Å². The minimum atomic E-state index is 0.379. The molecule has 19 heavy (non-hydrogen) atoms. The first-order valence-electron chi connectivity index (χ1n) is 8.32. The van der Waals surface area contributed by atoms with Gasteiger partial charge in [-0.3, -0.25) is 0 Å². The predicted octanol–water partition coefficient (Wildman–Crippen LogP) is 4.06. The molecule has 0 saturated heterocycles. The lowest BCUT2D eigenvalue weighted by Gasteiger charge is -2.37. The van der Waals surface area contributed by atoms with Gasteiger partial charge < -0.3 is 10.1 Å². The van der Waals surface area contributed by atoms with Crippen LogP contribution in [0.4, 0.5) is 0 Å². The van der Waals surface area contributed by atoms with Gasteiger partial charge in [0.2, 0.25) is 0 Å². The van der Waals surface area contributed by atoms with E-state index in [0.717, 1.165) is 12.5 Å². The highest BCUT2D eigenvalue weighted by Crippen LogP contribution is 2.33. The van der Waals surface area contributed by atoms with Crippen LogP contribution in [0.15, 0.2) is 11.6 Å². The lowest BCUT2D eigenvalue weighted by Crippen LogP contribution is -2.47. The Morgan fingerprint density at radius 1 is 1.21 bits per heavy atom. The van der Waals surface area contributed by atoms with Gasteiger partial charge in [-0.1, -0.05) is 37.8 Å². The maximum Gasteiger partial charge on any atom is 0.0790 e. The van der Waals surface area contributed by atoms with Gasteiger partial charge >= 0.3 is 0 Å². The molecule has 1 saturated carbocycles. The van der Waals surface area contributed by atoms with E-state index in [4.69, 9.17) is 4.74 Å². The van der Waals surface area contributed by atoms with E-state index in [0.29, 0.717) is 12.1 Å². The summed E-state index contributed by atoms with van der Waals surface area (Å²) in [5, 5.41) is 3.71. The van der Waals surface area contributed by atoms with Gasteiger partial charge in [0.1, 0.15) is 0 Å². The van der Waals surface area contributed by atoms with Crippen molar-refractivity contribution < 1.29 is 4.74 Å². The van der Waals surface area contributed by atoms with Crippen LogP contribution in [0.3, 0.4) is 0 Å². The Morgan fingerprint density at radius 2 is 2.00 bits per heavy atom. The van der Waals surface area contributed by atoms with E-state index in [1.807, 2.05) is 7.11 Å². The molecule has 2 atom stereocenters. The third-order valence-electron chi connectivity index (χ3n) is 4.86.